The molecule has 2 rings (SSSR count). The first-order chi connectivity index (χ1) is 6.77. The average molecular weight is 203 g/mol. The zero-order chi connectivity index (χ0) is 9.97. The SMILES string of the molecule is Cc1ccc(-c2c[c]ccn2)cc1Cl. The van der Waals surface area contributed by atoms with Crippen molar-refractivity contribution in [3.63, 3.8) is 0 Å². The van der Waals surface area contributed by atoms with Crippen LogP contribution in [-0.2, 0) is 0 Å². The van der Waals surface area contributed by atoms with Crippen molar-refractivity contribution >= 4 is 11.6 Å². The molecule has 1 heterocycles. The number of rotatable bonds is 1. The predicted octanol–water partition coefficient (Wildman–Crippen LogP) is 3.51. The summed E-state index contributed by atoms with van der Waals surface area (Å²) in [6.07, 6.45) is 1.73. The van der Waals surface area contributed by atoms with Gasteiger partial charge in [0, 0.05) is 16.8 Å². The zero-order valence-electron chi connectivity index (χ0n) is 7.79. The van der Waals surface area contributed by atoms with Gasteiger partial charge in [0.05, 0.1) is 5.69 Å². The topological polar surface area (TPSA) is 12.9 Å². The molecule has 14 heavy (non-hydrogen) atoms. The number of pyridine rings is 1. The lowest BCUT2D eigenvalue weighted by Crippen LogP contribution is -1.83. The molecule has 0 saturated carbocycles. The first-order valence-corrected chi connectivity index (χ1v) is 4.74. The number of halogens is 1. The Balaban J connectivity index is 2.48. The Bertz CT molecular complexity index is 437. The molecule has 0 unspecified atom stereocenters. The highest BCUT2D eigenvalue weighted by Crippen LogP contribution is 2.23. The Morgan fingerprint density at radius 2 is 2.21 bits per heavy atom. The normalized spacial score (nSPS) is 10.1. The lowest BCUT2D eigenvalue weighted by Gasteiger charge is -2.02. The molecule has 1 aromatic carbocycles. The molecule has 2 aromatic rings. The van der Waals surface area contributed by atoms with Crippen LogP contribution in [0.5, 0.6) is 0 Å². The second kappa shape index (κ2) is 3.81. The minimum atomic E-state index is 0.771. The fraction of sp³-hybridized carbons (Fsp3) is 0.0833. The van der Waals surface area contributed by atoms with Gasteiger partial charge in [0.25, 0.3) is 0 Å². The molecule has 1 aromatic heterocycles. The van der Waals surface area contributed by atoms with Gasteiger partial charge in [0.1, 0.15) is 0 Å². The number of nitrogens with zero attached hydrogens (tertiary/aromatic N) is 1. The van der Waals surface area contributed by atoms with Gasteiger partial charge < -0.3 is 0 Å². The molecule has 0 fully saturated rings. The van der Waals surface area contributed by atoms with Gasteiger partial charge in [0.2, 0.25) is 0 Å². The smallest absolute Gasteiger partial charge is 0.0708 e. The van der Waals surface area contributed by atoms with Crippen LogP contribution in [0.25, 0.3) is 11.3 Å². The number of aryl methyl sites for hydroxylation is 1. The molecule has 0 amide bonds. The number of aromatic nitrogens is 1. The van der Waals surface area contributed by atoms with Crippen LogP contribution in [0.4, 0.5) is 0 Å². The van der Waals surface area contributed by atoms with Gasteiger partial charge in [-0.1, -0.05) is 23.7 Å². The van der Waals surface area contributed by atoms with E-state index in [4.69, 9.17) is 11.6 Å². The molecular formula is C12H9ClN. The largest absolute Gasteiger partial charge is 0.256 e. The second-order valence-electron chi connectivity index (χ2n) is 3.11. The van der Waals surface area contributed by atoms with Gasteiger partial charge in [-0.25, -0.2) is 0 Å². The van der Waals surface area contributed by atoms with Crippen LogP contribution in [0.15, 0.2) is 36.5 Å². The first kappa shape index (κ1) is 9.22. The van der Waals surface area contributed by atoms with Crippen molar-refractivity contribution in [2.45, 2.75) is 6.92 Å². The van der Waals surface area contributed by atoms with Crippen LogP contribution < -0.4 is 0 Å². The summed E-state index contributed by atoms with van der Waals surface area (Å²) in [5, 5.41) is 0.771. The molecule has 0 aliphatic rings. The summed E-state index contributed by atoms with van der Waals surface area (Å²) in [6, 6.07) is 12.5. The number of benzene rings is 1. The molecule has 0 spiro atoms. The summed E-state index contributed by atoms with van der Waals surface area (Å²) in [6.45, 7) is 1.98. The fourth-order valence-corrected chi connectivity index (χ4v) is 1.42. The van der Waals surface area contributed by atoms with Gasteiger partial charge in [-0.3, -0.25) is 4.98 Å². The van der Waals surface area contributed by atoms with Crippen molar-refractivity contribution < 1.29 is 0 Å². The van der Waals surface area contributed by atoms with Gasteiger partial charge >= 0.3 is 0 Å². The van der Waals surface area contributed by atoms with Crippen LogP contribution in [0, 0.1) is 13.0 Å². The van der Waals surface area contributed by atoms with E-state index in [1.807, 2.05) is 31.2 Å². The third-order valence-corrected chi connectivity index (χ3v) is 2.48. The van der Waals surface area contributed by atoms with Crippen LogP contribution in [0.3, 0.4) is 0 Å². The van der Waals surface area contributed by atoms with Gasteiger partial charge in [-0.05, 0) is 36.8 Å². The molecule has 0 N–H and O–H groups in total. The zero-order valence-corrected chi connectivity index (χ0v) is 8.55. The highest BCUT2D eigenvalue weighted by atomic mass is 35.5. The third-order valence-electron chi connectivity index (χ3n) is 2.07. The van der Waals surface area contributed by atoms with Crippen LogP contribution in [-0.4, -0.2) is 4.98 Å². The van der Waals surface area contributed by atoms with Crippen LogP contribution in [0.1, 0.15) is 5.56 Å². The highest BCUT2D eigenvalue weighted by Gasteiger charge is 2.00. The van der Waals surface area contributed by atoms with Crippen LogP contribution in [0.2, 0.25) is 5.02 Å². The van der Waals surface area contributed by atoms with Crippen molar-refractivity contribution in [1.82, 2.24) is 4.98 Å². The van der Waals surface area contributed by atoms with Crippen molar-refractivity contribution in [3.8, 4) is 11.3 Å². The number of hydrogen-bond acceptors (Lipinski definition) is 1. The Morgan fingerprint density at radius 3 is 2.86 bits per heavy atom. The van der Waals surface area contributed by atoms with E-state index in [9.17, 15) is 0 Å². The molecule has 1 radical (unpaired) electrons. The predicted molar refractivity (Wildman–Crippen MR) is 58.3 cm³/mol. The summed E-state index contributed by atoms with van der Waals surface area (Å²) in [5.41, 5.74) is 3.00. The minimum absolute atomic E-state index is 0.771. The molecule has 0 bridgehead atoms. The Hall–Kier alpha value is -1.34. The maximum absolute atomic E-state index is 6.03. The number of hydrogen-bond donors (Lipinski definition) is 0. The first-order valence-electron chi connectivity index (χ1n) is 4.36. The molecule has 2 heteroatoms. The van der Waals surface area contributed by atoms with Gasteiger partial charge in [-0.15, -0.1) is 0 Å². The summed E-state index contributed by atoms with van der Waals surface area (Å²) < 4.78 is 0. The van der Waals surface area contributed by atoms with Gasteiger partial charge in [0.15, 0.2) is 0 Å². The van der Waals surface area contributed by atoms with E-state index in [-0.39, 0.29) is 0 Å². The molecule has 69 valence electrons. The van der Waals surface area contributed by atoms with E-state index < -0.39 is 0 Å². The highest BCUT2D eigenvalue weighted by molar-refractivity contribution is 6.31. The summed E-state index contributed by atoms with van der Waals surface area (Å²) in [5.74, 6) is 0. The van der Waals surface area contributed by atoms with E-state index in [1.165, 1.54) is 0 Å². The average Bonchev–Trinajstić information content (AvgIpc) is 2.23. The van der Waals surface area contributed by atoms with E-state index in [0.29, 0.717) is 0 Å². The summed E-state index contributed by atoms with van der Waals surface area (Å²) >= 11 is 6.03. The van der Waals surface area contributed by atoms with Crippen molar-refractivity contribution in [1.29, 1.82) is 0 Å². The van der Waals surface area contributed by atoms with Crippen molar-refractivity contribution in [3.05, 3.63) is 53.2 Å². The lowest BCUT2D eigenvalue weighted by molar-refractivity contribution is 1.32. The summed E-state index contributed by atoms with van der Waals surface area (Å²) in [7, 11) is 0. The Morgan fingerprint density at radius 1 is 1.36 bits per heavy atom. The van der Waals surface area contributed by atoms with E-state index in [2.05, 4.69) is 11.1 Å². The Labute approximate surface area is 88.4 Å². The molecule has 1 nitrogen and oxygen atoms in total. The van der Waals surface area contributed by atoms with E-state index in [0.717, 1.165) is 21.8 Å². The molecule has 0 atom stereocenters. The summed E-state index contributed by atoms with van der Waals surface area (Å²) in [4.78, 5) is 4.23. The molecular weight excluding hydrogens is 194 g/mol. The van der Waals surface area contributed by atoms with Crippen LogP contribution >= 0.6 is 11.6 Å². The monoisotopic (exact) mass is 202 g/mol. The maximum Gasteiger partial charge on any atom is 0.0708 e. The second-order valence-corrected chi connectivity index (χ2v) is 3.51. The Kier molecular flexibility index (Phi) is 2.51. The molecule has 0 saturated heterocycles. The standard InChI is InChI=1S/C12H9ClN/c1-9-5-6-10(8-11(9)13)12-4-2-3-7-14-12/h3-8H,1H3. The minimum Gasteiger partial charge on any atom is -0.256 e. The fourth-order valence-electron chi connectivity index (χ4n) is 1.23. The van der Waals surface area contributed by atoms with Gasteiger partial charge in [-0.2, -0.15) is 0 Å². The lowest BCUT2D eigenvalue weighted by atomic mass is 10.1. The quantitative estimate of drug-likeness (QED) is 0.690. The van der Waals surface area contributed by atoms with Crippen molar-refractivity contribution in [2.75, 3.05) is 0 Å². The third kappa shape index (κ3) is 1.78. The van der Waals surface area contributed by atoms with E-state index >= 15 is 0 Å². The molecule has 0 aliphatic heterocycles. The van der Waals surface area contributed by atoms with Crippen molar-refractivity contribution in [2.24, 2.45) is 0 Å². The van der Waals surface area contributed by atoms with E-state index in [1.54, 1.807) is 12.3 Å². The maximum atomic E-state index is 6.03. The molecule has 0 aliphatic carbocycles.